The van der Waals surface area contributed by atoms with E-state index in [0.717, 1.165) is 5.56 Å². The van der Waals surface area contributed by atoms with Crippen molar-refractivity contribution < 1.29 is 8.42 Å². The molecule has 0 N–H and O–H groups in total. The van der Waals surface area contributed by atoms with Gasteiger partial charge < -0.3 is 0 Å². The topological polar surface area (TPSA) is 46.5 Å². The molecule has 0 bridgehead atoms. The van der Waals surface area contributed by atoms with Crippen LogP contribution in [-0.2, 0) is 15.8 Å². The Morgan fingerprint density at radius 3 is 2.39 bits per heavy atom. The molecule has 1 aromatic rings. The Morgan fingerprint density at radius 2 is 1.72 bits per heavy atom. The molecule has 0 spiro atoms. The molecule has 3 nitrogen and oxygen atoms in total. The second kappa shape index (κ2) is 7.40. The van der Waals surface area contributed by atoms with Gasteiger partial charge in [0.2, 0.25) is 0 Å². The molecule has 0 unspecified atom stereocenters. The summed E-state index contributed by atoms with van der Waals surface area (Å²) in [6.45, 7) is 3.51. The number of nitrogens with zero attached hydrogens (tertiary/aromatic N) is 1. The van der Waals surface area contributed by atoms with E-state index in [1.54, 1.807) is 54.6 Å². The normalized spacial score (nSPS) is 12.7. The Morgan fingerprint density at radius 1 is 1.06 bits per heavy atom. The number of hydrogen-bond donors (Lipinski definition) is 0. The third kappa shape index (κ3) is 5.96. The average molecular weight is 261 g/mol. The molecule has 0 aliphatic rings. The van der Waals surface area contributed by atoms with Crippen molar-refractivity contribution in [1.82, 2.24) is 0 Å². The minimum absolute atomic E-state index is 0.0827. The van der Waals surface area contributed by atoms with E-state index in [4.69, 9.17) is 0 Å². The van der Waals surface area contributed by atoms with Crippen LogP contribution in [0.5, 0.6) is 0 Å². The molecule has 0 fully saturated rings. The van der Waals surface area contributed by atoms with Crippen molar-refractivity contribution in [3.63, 3.8) is 0 Å². The van der Waals surface area contributed by atoms with Crippen LogP contribution in [0.25, 0.3) is 0 Å². The van der Waals surface area contributed by atoms with Crippen molar-refractivity contribution in [3.05, 3.63) is 72.9 Å². The smallest absolute Gasteiger partial charge is 0.204 e. The molecule has 0 atom stereocenters. The molecule has 1 rings (SSSR count). The van der Waals surface area contributed by atoms with Crippen LogP contribution >= 0.6 is 0 Å². The van der Waals surface area contributed by atoms with Crippen molar-refractivity contribution >= 4 is 16.2 Å². The Balaban J connectivity index is 2.60. The highest BCUT2D eigenvalue weighted by atomic mass is 32.2. The summed E-state index contributed by atoms with van der Waals surface area (Å²) in [5, 5.41) is 0. The summed E-state index contributed by atoms with van der Waals surface area (Å²) in [6.07, 6.45) is 9.62. The zero-order valence-electron chi connectivity index (χ0n) is 9.94. The van der Waals surface area contributed by atoms with Crippen molar-refractivity contribution in [3.8, 4) is 0 Å². The summed E-state index contributed by atoms with van der Waals surface area (Å²) >= 11 is 0. The minimum Gasteiger partial charge on any atom is -0.204 e. The lowest BCUT2D eigenvalue weighted by Gasteiger charge is -1.97. The fraction of sp³-hybridized carbons (Fsp3) is 0.0714. The van der Waals surface area contributed by atoms with Gasteiger partial charge in [0.15, 0.2) is 0 Å². The second-order valence-electron chi connectivity index (χ2n) is 3.47. The standard InChI is InChI=1S/C14H15NO2S/c1-2-3-4-5-9-12-15-18(16,17)13-14-10-7-6-8-11-14/h2-12H,1,13H2/b4-3-,9-5+,15-12+. The lowest BCUT2D eigenvalue weighted by atomic mass is 10.2. The van der Waals surface area contributed by atoms with E-state index in [-0.39, 0.29) is 5.75 Å². The van der Waals surface area contributed by atoms with Crippen LogP contribution in [0.1, 0.15) is 5.56 Å². The predicted octanol–water partition coefficient (Wildman–Crippen LogP) is 2.89. The van der Waals surface area contributed by atoms with Crippen LogP contribution in [0.15, 0.2) is 71.7 Å². The number of allylic oxidation sites excluding steroid dienone is 5. The van der Waals surface area contributed by atoms with Crippen molar-refractivity contribution in [2.45, 2.75) is 5.75 Å². The van der Waals surface area contributed by atoms with E-state index >= 15 is 0 Å². The van der Waals surface area contributed by atoms with Gasteiger partial charge in [-0.15, -0.1) is 0 Å². The summed E-state index contributed by atoms with van der Waals surface area (Å²) < 4.78 is 26.8. The molecule has 0 aliphatic carbocycles. The zero-order valence-corrected chi connectivity index (χ0v) is 10.8. The Hall–Kier alpha value is -1.94. The number of rotatable bonds is 6. The quantitative estimate of drug-likeness (QED) is 0.584. The Kier molecular flexibility index (Phi) is 5.80. The Bertz CT molecular complexity index is 555. The van der Waals surface area contributed by atoms with Gasteiger partial charge in [0, 0.05) is 6.21 Å². The van der Waals surface area contributed by atoms with Gasteiger partial charge >= 0.3 is 0 Å². The molecular weight excluding hydrogens is 246 g/mol. The minimum atomic E-state index is -3.45. The second-order valence-corrected chi connectivity index (χ2v) is 5.14. The molecule has 0 aromatic heterocycles. The lowest BCUT2D eigenvalue weighted by Crippen LogP contribution is -2.00. The number of benzene rings is 1. The fourth-order valence-electron chi connectivity index (χ4n) is 1.21. The first-order valence-corrected chi connectivity index (χ1v) is 7.01. The summed E-state index contributed by atoms with van der Waals surface area (Å²) in [4.78, 5) is 0. The first-order valence-electron chi connectivity index (χ1n) is 5.40. The van der Waals surface area contributed by atoms with Crippen LogP contribution in [0.4, 0.5) is 0 Å². The van der Waals surface area contributed by atoms with Crippen LogP contribution in [-0.4, -0.2) is 14.6 Å². The van der Waals surface area contributed by atoms with E-state index in [1.807, 2.05) is 6.07 Å². The lowest BCUT2D eigenvalue weighted by molar-refractivity contribution is 0.597. The van der Waals surface area contributed by atoms with Crippen LogP contribution < -0.4 is 0 Å². The zero-order chi connectivity index (χ0) is 13.3. The highest BCUT2D eigenvalue weighted by Crippen LogP contribution is 2.06. The molecular formula is C14H15NO2S. The third-order valence-corrected chi connectivity index (χ3v) is 3.11. The van der Waals surface area contributed by atoms with Crippen LogP contribution in [0.3, 0.4) is 0 Å². The molecule has 0 aliphatic heterocycles. The van der Waals surface area contributed by atoms with Gasteiger partial charge in [-0.2, -0.15) is 4.40 Å². The van der Waals surface area contributed by atoms with Crippen LogP contribution in [0, 0.1) is 0 Å². The molecule has 0 radical (unpaired) electrons. The summed E-state index contributed by atoms with van der Waals surface area (Å²) in [5.74, 6) is -0.0827. The van der Waals surface area contributed by atoms with Gasteiger partial charge in [-0.1, -0.05) is 61.2 Å². The molecule has 0 heterocycles. The monoisotopic (exact) mass is 261 g/mol. The highest BCUT2D eigenvalue weighted by Gasteiger charge is 2.07. The predicted molar refractivity (Wildman–Crippen MR) is 76.0 cm³/mol. The van der Waals surface area contributed by atoms with Gasteiger partial charge in [0.05, 0.1) is 5.75 Å². The van der Waals surface area contributed by atoms with E-state index in [1.165, 1.54) is 6.21 Å². The van der Waals surface area contributed by atoms with Gasteiger partial charge in [0.1, 0.15) is 0 Å². The van der Waals surface area contributed by atoms with Gasteiger partial charge in [-0.25, -0.2) is 8.42 Å². The molecule has 0 saturated heterocycles. The molecule has 4 heteroatoms. The molecule has 94 valence electrons. The SMILES string of the molecule is C=C\C=C/C=C/C=N/S(=O)(=O)Cc1ccccc1. The van der Waals surface area contributed by atoms with E-state index < -0.39 is 10.0 Å². The van der Waals surface area contributed by atoms with Crippen molar-refractivity contribution in [2.75, 3.05) is 0 Å². The van der Waals surface area contributed by atoms with Crippen LogP contribution in [0.2, 0.25) is 0 Å². The largest absolute Gasteiger partial charge is 0.257 e. The van der Waals surface area contributed by atoms with E-state index in [0.29, 0.717) is 0 Å². The fourth-order valence-corrected chi connectivity index (χ4v) is 2.15. The van der Waals surface area contributed by atoms with E-state index in [9.17, 15) is 8.42 Å². The third-order valence-electron chi connectivity index (χ3n) is 1.97. The number of sulfonamides is 1. The van der Waals surface area contributed by atoms with Crippen molar-refractivity contribution in [2.24, 2.45) is 4.40 Å². The Labute approximate surface area is 108 Å². The maximum atomic E-state index is 11.6. The summed E-state index contributed by atoms with van der Waals surface area (Å²) in [5.41, 5.74) is 0.727. The first kappa shape index (κ1) is 14.1. The van der Waals surface area contributed by atoms with Gasteiger partial charge in [-0.3, -0.25) is 0 Å². The highest BCUT2D eigenvalue weighted by molar-refractivity contribution is 7.89. The summed E-state index contributed by atoms with van der Waals surface area (Å²) in [7, 11) is -3.45. The van der Waals surface area contributed by atoms with Gasteiger partial charge in [-0.05, 0) is 11.6 Å². The maximum Gasteiger partial charge on any atom is 0.257 e. The van der Waals surface area contributed by atoms with Gasteiger partial charge in [0.25, 0.3) is 10.0 Å². The van der Waals surface area contributed by atoms with Crippen molar-refractivity contribution in [1.29, 1.82) is 0 Å². The molecule has 0 amide bonds. The van der Waals surface area contributed by atoms with E-state index in [2.05, 4.69) is 11.0 Å². The first-order chi connectivity index (χ1) is 8.64. The molecule has 0 saturated carbocycles. The summed E-state index contributed by atoms with van der Waals surface area (Å²) in [6, 6.07) is 8.96. The molecule has 18 heavy (non-hydrogen) atoms. The average Bonchev–Trinajstić information content (AvgIpc) is 2.34. The number of hydrogen-bond acceptors (Lipinski definition) is 2. The maximum absolute atomic E-state index is 11.6. The molecule has 1 aromatic carbocycles.